The average molecular weight is 441 g/mol. The Morgan fingerprint density at radius 1 is 0.727 bits per heavy atom. The highest BCUT2D eigenvalue weighted by atomic mass is 16.2. The highest BCUT2D eigenvalue weighted by Gasteiger charge is 2.26. The number of anilines is 1. The molecule has 0 N–H and O–H groups in total. The van der Waals surface area contributed by atoms with Crippen LogP contribution in [0.5, 0.6) is 0 Å². The van der Waals surface area contributed by atoms with Crippen molar-refractivity contribution in [2.75, 3.05) is 31.1 Å². The van der Waals surface area contributed by atoms with Crippen molar-refractivity contribution in [3.05, 3.63) is 100 Å². The molecule has 168 valence electrons. The molecule has 0 aliphatic carbocycles. The fraction of sp³-hybridized carbons (Fsp3) is 0.250. The number of amides is 1. The number of hydrogen-bond donors (Lipinski definition) is 0. The van der Waals surface area contributed by atoms with E-state index in [-0.39, 0.29) is 17.5 Å². The summed E-state index contributed by atoms with van der Waals surface area (Å²) in [6, 6.07) is 20.5. The van der Waals surface area contributed by atoms with Gasteiger partial charge in [-0.15, -0.1) is 0 Å². The van der Waals surface area contributed by atoms with Gasteiger partial charge >= 0.3 is 0 Å². The van der Waals surface area contributed by atoms with Gasteiger partial charge in [-0.2, -0.15) is 0 Å². The topological polar surface area (TPSA) is 57.7 Å². The van der Waals surface area contributed by atoms with Gasteiger partial charge in [0.05, 0.1) is 5.56 Å². The Morgan fingerprint density at radius 2 is 1.36 bits per heavy atom. The van der Waals surface area contributed by atoms with Gasteiger partial charge in [0.25, 0.3) is 5.91 Å². The predicted octanol–water partition coefficient (Wildman–Crippen LogP) is 4.70. The fourth-order valence-corrected chi connectivity index (χ4v) is 4.24. The lowest BCUT2D eigenvalue weighted by molar-refractivity contribution is 0.0742. The maximum absolute atomic E-state index is 13.4. The Morgan fingerprint density at radius 3 is 2.00 bits per heavy atom. The molecule has 1 saturated heterocycles. The molecule has 0 saturated carbocycles. The molecule has 1 aliphatic rings. The van der Waals surface area contributed by atoms with Crippen LogP contribution in [0.1, 0.15) is 54.7 Å². The molecule has 0 bridgehead atoms. The van der Waals surface area contributed by atoms with Crippen molar-refractivity contribution in [2.45, 2.75) is 20.8 Å². The SMILES string of the molecule is CC(=O)c1ccc(N2CCN(C(=O)c3ccccc3C(=O)c3cc(C)ccc3C)CC2)cc1. The van der Waals surface area contributed by atoms with Crippen molar-refractivity contribution in [3.8, 4) is 0 Å². The third-order valence-corrected chi connectivity index (χ3v) is 6.25. The number of Topliss-reactive ketones (excluding diaryl/α,β-unsaturated/α-hetero) is 1. The van der Waals surface area contributed by atoms with Gasteiger partial charge in [0, 0.05) is 48.6 Å². The van der Waals surface area contributed by atoms with Crippen molar-refractivity contribution in [1.82, 2.24) is 4.90 Å². The van der Waals surface area contributed by atoms with Gasteiger partial charge in [-0.3, -0.25) is 14.4 Å². The van der Waals surface area contributed by atoms with Crippen LogP contribution in [0.4, 0.5) is 5.69 Å². The fourth-order valence-electron chi connectivity index (χ4n) is 4.24. The number of carbonyl (C=O) groups is 3. The summed E-state index contributed by atoms with van der Waals surface area (Å²) < 4.78 is 0. The maximum atomic E-state index is 13.4. The van der Waals surface area contributed by atoms with E-state index in [0.29, 0.717) is 48.4 Å². The second-order valence-corrected chi connectivity index (χ2v) is 8.58. The van der Waals surface area contributed by atoms with Crippen LogP contribution in [-0.2, 0) is 0 Å². The van der Waals surface area contributed by atoms with E-state index in [2.05, 4.69) is 4.90 Å². The van der Waals surface area contributed by atoms with Crippen LogP contribution in [0, 0.1) is 13.8 Å². The Bertz CT molecular complexity index is 1210. The summed E-state index contributed by atoms with van der Waals surface area (Å²) in [6.07, 6.45) is 0. The normalized spacial score (nSPS) is 13.7. The zero-order valence-corrected chi connectivity index (χ0v) is 19.3. The minimum atomic E-state index is -0.121. The smallest absolute Gasteiger partial charge is 0.254 e. The second-order valence-electron chi connectivity index (χ2n) is 8.58. The van der Waals surface area contributed by atoms with Gasteiger partial charge in [0.1, 0.15) is 0 Å². The van der Waals surface area contributed by atoms with E-state index in [4.69, 9.17) is 0 Å². The van der Waals surface area contributed by atoms with E-state index in [1.807, 2.05) is 61.2 Å². The van der Waals surface area contributed by atoms with E-state index < -0.39 is 0 Å². The van der Waals surface area contributed by atoms with Crippen molar-refractivity contribution in [2.24, 2.45) is 0 Å². The zero-order valence-electron chi connectivity index (χ0n) is 19.3. The van der Waals surface area contributed by atoms with Gasteiger partial charge in [0.15, 0.2) is 11.6 Å². The summed E-state index contributed by atoms with van der Waals surface area (Å²) in [6.45, 7) is 7.96. The van der Waals surface area contributed by atoms with Gasteiger partial charge in [-0.25, -0.2) is 0 Å². The lowest BCUT2D eigenvalue weighted by atomic mass is 9.94. The van der Waals surface area contributed by atoms with Crippen LogP contribution in [0.2, 0.25) is 0 Å². The van der Waals surface area contributed by atoms with Gasteiger partial charge in [0.2, 0.25) is 0 Å². The first-order valence-electron chi connectivity index (χ1n) is 11.2. The van der Waals surface area contributed by atoms with E-state index in [0.717, 1.165) is 16.8 Å². The number of aryl methyl sites for hydroxylation is 2. The molecule has 1 aliphatic heterocycles. The summed E-state index contributed by atoms with van der Waals surface area (Å²) in [5.74, 6) is -0.189. The van der Waals surface area contributed by atoms with Gasteiger partial charge < -0.3 is 9.80 Å². The van der Waals surface area contributed by atoms with Crippen LogP contribution in [0.15, 0.2) is 66.7 Å². The quantitative estimate of drug-likeness (QED) is 0.540. The molecule has 33 heavy (non-hydrogen) atoms. The van der Waals surface area contributed by atoms with Crippen molar-refractivity contribution in [1.29, 1.82) is 0 Å². The Labute approximate surface area is 194 Å². The summed E-state index contributed by atoms with van der Waals surface area (Å²) in [7, 11) is 0. The van der Waals surface area contributed by atoms with Crippen LogP contribution in [0.3, 0.4) is 0 Å². The summed E-state index contributed by atoms with van der Waals surface area (Å²) >= 11 is 0. The standard InChI is InChI=1S/C28H28N2O3/c1-19-8-9-20(2)26(18-19)27(32)24-6-4-5-7-25(24)28(33)30-16-14-29(15-17-30)23-12-10-22(11-13-23)21(3)31/h4-13,18H,14-17H2,1-3H3. The number of nitrogens with zero attached hydrogens (tertiary/aromatic N) is 2. The molecule has 4 rings (SSSR count). The van der Waals surface area contributed by atoms with Crippen molar-refractivity contribution < 1.29 is 14.4 Å². The van der Waals surface area contributed by atoms with E-state index >= 15 is 0 Å². The maximum Gasteiger partial charge on any atom is 0.254 e. The molecule has 0 aromatic heterocycles. The molecule has 1 amide bonds. The van der Waals surface area contributed by atoms with E-state index in [1.165, 1.54) is 0 Å². The summed E-state index contributed by atoms with van der Waals surface area (Å²) in [5, 5.41) is 0. The Kier molecular flexibility index (Phi) is 6.40. The summed E-state index contributed by atoms with van der Waals surface area (Å²) in [5.41, 5.74) is 5.17. The molecule has 3 aromatic rings. The monoisotopic (exact) mass is 440 g/mol. The van der Waals surface area contributed by atoms with E-state index in [9.17, 15) is 14.4 Å². The van der Waals surface area contributed by atoms with Crippen LogP contribution < -0.4 is 4.90 Å². The van der Waals surface area contributed by atoms with Crippen LogP contribution >= 0.6 is 0 Å². The third kappa shape index (κ3) is 4.72. The molecular formula is C28H28N2O3. The lowest BCUT2D eigenvalue weighted by Gasteiger charge is -2.36. The minimum absolute atomic E-state index is 0.0473. The Hall–Kier alpha value is -3.73. The molecule has 3 aromatic carbocycles. The van der Waals surface area contributed by atoms with E-state index in [1.54, 1.807) is 31.2 Å². The van der Waals surface area contributed by atoms with Crippen LogP contribution in [-0.4, -0.2) is 48.6 Å². The molecule has 0 spiro atoms. The zero-order chi connectivity index (χ0) is 23.5. The largest absolute Gasteiger partial charge is 0.368 e. The average Bonchev–Trinajstić information content (AvgIpc) is 2.85. The second kappa shape index (κ2) is 9.41. The third-order valence-electron chi connectivity index (χ3n) is 6.25. The molecule has 0 unspecified atom stereocenters. The molecular weight excluding hydrogens is 412 g/mol. The highest BCUT2D eigenvalue weighted by molar-refractivity contribution is 6.16. The molecule has 1 heterocycles. The number of rotatable bonds is 5. The number of ketones is 2. The lowest BCUT2D eigenvalue weighted by Crippen LogP contribution is -2.49. The first-order valence-corrected chi connectivity index (χ1v) is 11.2. The van der Waals surface area contributed by atoms with Gasteiger partial charge in [-0.05, 0) is 62.7 Å². The van der Waals surface area contributed by atoms with Crippen LogP contribution in [0.25, 0.3) is 0 Å². The molecule has 5 nitrogen and oxygen atoms in total. The summed E-state index contributed by atoms with van der Waals surface area (Å²) in [4.78, 5) is 42.3. The first-order chi connectivity index (χ1) is 15.8. The first kappa shape index (κ1) is 22.5. The van der Waals surface area contributed by atoms with Crippen molar-refractivity contribution >= 4 is 23.2 Å². The van der Waals surface area contributed by atoms with Gasteiger partial charge in [-0.1, -0.05) is 35.9 Å². The molecule has 1 fully saturated rings. The number of hydrogen-bond acceptors (Lipinski definition) is 4. The minimum Gasteiger partial charge on any atom is -0.368 e. The predicted molar refractivity (Wildman–Crippen MR) is 130 cm³/mol. The molecule has 0 atom stereocenters. The number of piperazine rings is 1. The highest BCUT2D eigenvalue weighted by Crippen LogP contribution is 2.22. The van der Waals surface area contributed by atoms with Crippen molar-refractivity contribution in [3.63, 3.8) is 0 Å². The molecule has 5 heteroatoms. The molecule has 0 radical (unpaired) electrons. The number of benzene rings is 3. The number of carbonyl (C=O) groups excluding carboxylic acids is 3. The Balaban J connectivity index is 1.50.